The first-order valence-electron chi connectivity index (χ1n) is 15.3. The van der Waals surface area contributed by atoms with Gasteiger partial charge in [-0.1, -0.05) is 64.8 Å². The highest BCUT2D eigenvalue weighted by Crippen LogP contribution is 2.35. The average Bonchev–Trinajstić information content (AvgIpc) is 3.47. The zero-order valence-electron chi connectivity index (χ0n) is 26.5. The second-order valence-electron chi connectivity index (χ2n) is 11.0. The number of carbonyl (C=O) groups is 3. The second kappa shape index (κ2) is 17.2. The fraction of sp³-hybridized carbons (Fsp3) is 0.364. The summed E-state index contributed by atoms with van der Waals surface area (Å²) >= 11 is 0. The fourth-order valence-corrected chi connectivity index (χ4v) is 5.41. The first kappa shape index (κ1) is 35.8. The molecule has 0 aromatic heterocycles. The molecule has 0 saturated carbocycles. The van der Waals surface area contributed by atoms with Crippen LogP contribution >= 0.6 is 0 Å². The molecule has 5 rings (SSSR count). The van der Waals surface area contributed by atoms with Crippen molar-refractivity contribution >= 4 is 17.9 Å². The number of carbonyl (C=O) groups excluding carboxylic acids is 3. The monoisotopic (exact) mass is 688 g/mol. The van der Waals surface area contributed by atoms with E-state index < -0.39 is 79.8 Å². The molecule has 17 nitrogen and oxygen atoms in total. The van der Waals surface area contributed by atoms with E-state index in [4.69, 9.17) is 38.7 Å². The van der Waals surface area contributed by atoms with Crippen LogP contribution in [0.5, 0.6) is 0 Å². The van der Waals surface area contributed by atoms with Gasteiger partial charge in [0.1, 0.15) is 31.0 Å². The summed E-state index contributed by atoms with van der Waals surface area (Å²) in [5, 5.41) is 18.5. The summed E-state index contributed by atoms with van der Waals surface area (Å²) in [6.45, 7) is -0.844. The van der Waals surface area contributed by atoms with Crippen molar-refractivity contribution in [1.82, 2.24) is 0 Å². The number of nitrogens with zero attached hydrogens (tertiary/aromatic N) is 6. The largest absolute Gasteiger partial charge is 0.459 e. The molecule has 2 fully saturated rings. The molecular weight excluding hydrogens is 656 g/mol. The van der Waals surface area contributed by atoms with Gasteiger partial charge in [0.25, 0.3) is 0 Å². The Morgan fingerprint density at radius 1 is 0.720 bits per heavy atom. The summed E-state index contributed by atoms with van der Waals surface area (Å²) < 4.78 is 40.7. The summed E-state index contributed by atoms with van der Waals surface area (Å²) in [4.78, 5) is 45.2. The van der Waals surface area contributed by atoms with Crippen molar-refractivity contribution in [3.05, 3.63) is 129 Å². The molecule has 0 radical (unpaired) electrons. The molecular formula is C33H32N6O11. The summed E-state index contributed by atoms with van der Waals surface area (Å²) in [6, 6.07) is 22.7. The first-order valence-corrected chi connectivity index (χ1v) is 15.3. The molecule has 2 saturated heterocycles. The third-order valence-electron chi connectivity index (χ3n) is 7.84. The number of aliphatic hydroxyl groups is 1. The Balaban J connectivity index is 1.51. The fourth-order valence-electron chi connectivity index (χ4n) is 5.41. The Bertz CT molecular complexity index is 1710. The molecule has 0 unspecified atom stereocenters. The number of hydrogen-bond donors (Lipinski definition) is 1. The normalized spacial score (nSPS) is 27.2. The molecule has 1 N–H and O–H groups in total. The lowest BCUT2D eigenvalue weighted by atomic mass is 9.96. The Hall–Kier alpha value is -5.51. The lowest BCUT2D eigenvalue weighted by Crippen LogP contribution is -2.60. The molecule has 0 aliphatic carbocycles. The summed E-state index contributed by atoms with van der Waals surface area (Å²) in [5.74, 6) is -2.37. The van der Waals surface area contributed by atoms with Gasteiger partial charge >= 0.3 is 17.9 Å². The topological polar surface area (TPSA) is 234 Å². The minimum Gasteiger partial charge on any atom is -0.459 e. The highest BCUT2D eigenvalue weighted by atomic mass is 16.8. The third kappa shape index (κ3) is 8.55. The molecule has 260 valence electrons. The van der Waals surface area contributed by atoms with Crippen LogP contribution in [-0.2, 0) is 33.2 Å². The molecule has 2 aliphatic rings. The Kier molecular flexibility index (Phi) is 12.3. The van der Waals surface area contributed by atoms with Gasteiger partial charge in [0.05, 0.1) is 29.3 Å². The summed E-state index contributed by atoms with van der Waals surface area (Å²) in [6.07, 6.45) is -11.4. The minimum absolute atomic E-state index is 0.144. The van der Waals surface area contributed by atoms with Crippen molar-refractivity contribution in [1.29, 1.82) is 0 Å². The van der Waals surface area contributed by atoms with E-state index in [0.29, 0.717) is 0 Å². The zero-order chi connectivity index (χ0) is 35.5. The van der Waals surface area contributed by atoms with Crippen LogP contribution in [0.2, 0.25) is 0 Å². The van der Waals surface area contributed by atoms with Gasteiger partial charge in [-0.15, -0.1) is 0 Å². The van der Waals surface area contributed by atoms with Crippen LogP contribution in [0.1, 0.15) is 31.1 Å². The van der Waals surface area contributed by atoms with Crippen LogP contribution in [0.4, 0.5) is 0 Å². The average molecular weight is 689 g/mol. The van der Waals surface area contributed by atoms with E-state index in [2.05, 4.69) is 20.1 Å². The van der Waals surface area contributed by atoms with E-state index in [1.54, 1.807) is 66.7 Å². The highest BCUT2D eigenvalue weighted by molar-refractivity contribution is 5.91. The number of benzene rings is 3. The molecule has 50 heavy (non-hydrogen) atoms. The molecule has 2 aliphatic heterocycles. The number of ether oxygens (including phenoxy) is 7. The van der Waals surface area contributed by atoms with Gasteiger partial charge in [0.2, 0.25) is 0 Å². The quantitative estimate of drug-likeness (QED) is 0.0881. The number of esters is 3. The second-order valence-corrected chi connectivity index (χ2v) is 11.0. The van der Waals surface area contributed by atoms with Gasteiger partial charge in [-0.2, -0.15) is 0 Å². The van der Waals surface area contributed by atoms with Crippen LogP contribution < -0.4 is 0 Å². The van der Waals surface area contributed by atoms with Gasteiger partial charge < -0.3 is 38.3 Å². The van der Waals surface area contributed by atoms with E-state index in [1.807, 2.05) is 0 Å². The maximum atomic E-state index is 13.4. The number of rotatable bonds is 13. The van der Waals surface area contributed by atoms with Crippen molar-refractivity contribution in [2.75, 3.05) is 20.3 Å². The molecule has 9 atom stereocenters. The van der Waals surface area contributed by atoms with Crippen LogP contribution in [0.25, 0.3) is 20.9 Å². The van der Waals surface area contributed by atoms with Crippen LogP contribution in [0, 0.1) is 0 Å². The molecule has 0 amide bonds. The Morgan fingerprint density at radius 2 is 1.24 bits per heavy atom. The SMILES string of the molecule is CO[C@@H]1O[C@H](CN=[N+]=[N-])[C@@H](O)[C@H](O[C@@H]2O[C@H](COC(=O)c3ccccc3)[C@@H](OC(=O)c3ccccc3)[C@H]2OC(=O)c2ccccc2)[C@H]1N=[N+]=[N-]. The van der Waals surface area contributed by atoms with Crippen LogP contribution in [0.3, 0.4) is 0 Å². The molecule has 3 aromatic carbocycles. The maximum absolute atomic E-state index is 13.4. The van der Waals surface area contributed by atoms with Gasteiger partial charge in [-0.05, 0) is 47.5 Å². The van der Waals surface area contributed by atoms with Crippen molar-refractivity contribution in [3.8, 4) is 0 Å². The Morgan fingerprint density at radius 3 is 1.76 bits per heavy atom. The third-order valence-corrected chi connectivity index (χ3v) is 7.84. The van der Waals surface area contributed by atoms with Crippen molar-refractivity contribution in [2.45, 2.75) is 55.2 Å². The minimum atomic E-state index is -1.62. The summed E-state index contributed by atoms with van der Waals surface area (Å²) in [7, 11) is 1.26. The van der Waals surface area contributed by atoms with Crippen molar-refractivity contribution < 1.29 is 52.6 Å². The molecule has 0 bridgehead atoms. The number of aliphatic hydroxyl groups excluding tert-OH is 1. The van der Waals surface area contributed by atoms with Gasteiger partial charge in [0, 0.05) is 16.9 Å². The molecule has 3 aromatic rings. The van der Waals surface area contributed by atoms with Crippen LogP contribution in [0.15, 0.2) is 101 Å². The predicted molar refractivity (Wildman–Crippen MR) is 170 cm³/mol. The van der Waals surface area contributed by atoms with Gasteiger partial charge in [-0.3, -0.25) is 0 Å². The molecule has 2 heterocycles. The summed E-state index contributed by atoms with van der Waals surface area (Å²) in [5.41, 5.74) is 18.8. The zero-order valence-corrected chi connectivity index (χ0v) is 26.5. The smallest absolute Gasteiger partial charge is 0.338 e. The van der Waals surface area contributed by atoms with Crippen molar-refractivity contribution in [3.63, 3.8) is 0 Å². The van der Waals surface area contributed by atoms with E-state index >= 15 is 0 Å². The first-order chi connectivity index (χ1) is 24.3. The lowest BCUT2D eigenvalue weighted by Gasteiger charge is -2.43. The van der Waals surface area contributed by atoms with E-state index in [0.717, 1.165) is 0 Å². The van der Waals surface area contributed by atoms with Crippen LogP contribution in [-0.4, -0.2) is 98.5 Å². The van der Waals surface area contributed by atoms with Gasteiger partial charge in [0.15, 0.2) is 24.8 Å². The predicted octanol–water partition coefficient (Wildman–Crippen LogP) is 4.13. The van der Waals surface area contributed by atoms with E-state index in [-0.39, 0.29) is 23.2 Å². The maximum Gasteiger partial charge on any atom is 0.338 e. The lowest BCUT2D eigenvalue weighted by molar-refractivity contribution is -0.290. The number of azide groups is 2. The Labute approximate surface area is 284 Å². The van der Waals surface area contributed by atoms with E-state index in [1.165, 1.54) is 31.4 Å². The standard InChI is InChI=1S/C33H32N6O11/c1-44-32-24(37-39-35)27(25(40)22(46-32)17-36-38-34)50-33-28(49-31(43)21-15-9-4-10-16-21)26(48-30(42)20-13-7-3-8-14-20)23(47-33)18-45-29(41)19-11-5-2-6-12-19/h2-16,22-28,32-33,40H,17-18H2,1H3/t22-,23-,24-,25-,26-,27-,28-,32-,33+/m1/s1. The van der Waals surface area contributed by atoms with Gasteiger partial charge in [-0.25, -0.2) is 14.4 Å². The van der Waals surface area contributed by atoms with Crippen molar-refractivity contribution in [2.24, 2.45) is 10.2 Å². The van der Waals surface area contributed by atoms with E-state index in [9.17, 15) is 25.0 Å². The molecule has 0 spiro atoms. The number of hydrogen-bond acceptors (Lipinski definition) is 13. The highest BCUT2D eigenvalue weighted by Gasteiger charge is 2.55. The number of methoxy groups -OCH3 is 1. The molecule has 17 heteroatoms.